The first kappa shape index (κ1) is 15.8. The fourth-order valence-corrected chi connectivity index (χ4v) is 3.50. The summed E-state index contributed by atoms with van der Waals surface area (Å²) < 4.78 is 12.8. The molecular formula is C18H22N4O3. The highest BCUT2D eigenvalue weighted by atomic mass is 16.7. The molecule has 0 aliphatic carbocycles. The number of hydrogen-bond acceptors (Lipinski definition) is 4. The second-order valence-corrected chi connectivity index (χ2v) is 6.35. The number of imidazole rings is 1. The van der Waals surface area contributed by atoms with Crippen molar-refractivity contribution in [1.82, 2.24) is 14.5 Å². The number of carbonyl (C=O) groups is 1. The lowest BCUT2D eigenvalue weighted by Crippen LogP contribution is -2.42. The van der Waals surface area contributed by atoms with Gasteiger partial charge in [-0.1, -0.05) is 0 Å². The number of aryl methyl sites for hydroxylation is 1. The summed E-state index contributed by atoms with van der Waals surface area (Å²) in [4.78, 5) is 19.0. The Morgan fingerprint density at radius 1 is 1.36 bits per heavy atom. The molecule has 2 aliphatic rings. The Balaban J connectivity index is 1.43. The van der Waals surface area contributed by atoms with Crippen LogP contribution in [0.1, 0.15) is 31.5 Å². The highest BCUT2D eigenvalue weighted by molar-refractivity contribution is 5.89. The molecule has 0 unspecified atom stereocenters. The van der Waals surface area contributed by atoms with Gasteiger partial charge in [-0.25, -0.2) is 9.78 Å². The van der Waals surface area contributed by atoms with Gasteiger partial charge in [0.25, 0.3) is 0 Å². The fraction of sp³-hybridized carbons (Fsp3) is 0.444. The van der Waals surface area contributed by atoms with E-state index in [0.717, 1.165) is 31.8 Å². The summed E-state index contributed by atoms with van der Waals surface area (Å²) in [6.45, 7) is 4.69. The van der Waals surface area contributed by atoms with Gasteiger partial charge in [0, 0.05) is 49.7 Å². The SMILES string of the molecule is CCn1ccnc1[C@H]1CCCN(C(=O)Nc2ccc3c(c2)OCO3)C1. The third kappa shape index (κ3) is 3.14. The number of rotatable bonds is 3. The molecular weight excluding hydrogens is 320 g/mol. The molecule has 0 saturated carbocycles. The minimum atomic E-state index is -0.0850. The van der Waals surface area contributed by atoms with Crippen LogP contribution < -0.4 is 14.8 Å². The minimum absolute atomic E-state index is 0.0850. The highest BCUT2D eigenvalue weighted by Crippen LogP contribution is 2.34. The monoisotopic (exact) mass is 342 g/mol. The van der Waals surface area contributed by atoms with Crippen LogP contribution in [0, 0.1) is 0 Å². The standard InChI is InChI=1S/C18H22N4O3/c1-2-21-9-7-19-17(21)13-4-3-8-22(11-13)18(23)20-14-5-6-15-16(10-14)25-12-24-15/h5-7,9-10,13H,2-4,8,11-12H2,1H3,(H,20,23)/t13-/m0/s1. The largest absolute Gasteiger partial charge is 0.454 e. The second kappa shape index (κ2) is 6.66. The van der Waals surface area contributed by atoms with E-state index in [1.54, 1.807) is 6.07 Å². The Morgan fingerprint density at radius 2 is 2.24 bits per heavy atom. The van der Waals surface area contributed by atoms with Gasteiger partial charge in [-0.3, -0.25) is 0 Å². The Hall–Kier alpha value is -2.70. The first-order valence-electron chi connectivity index (χ1n) is 8.71. The van der Waals surface area contributed by atoms with Crippen molar-refractivity contribution in [2.24, 2.45) is 0 Å². The summed E-state index contributed by atoms with van der Waals surface area (Å²) in [5.41, 5.74) is 0.714. The van der Waals surface area contributed by atoms with Crippen LogP contribution in [0.4, 0.5) is 10.5 Å². The maximum absolute atomic E-state index is 12.7. The second-order valence-electron chi connectivity index (χ2n) is 6.35. The number of carbonyl (C=O) groups excluding carboxylic acids is 1. The number of likely N-dealkylation sites (tertiary alicyclic amines) is 1. The van der Waals surface area contributed by atoms with E-state index >= 15 is 0 Å². The Bertz CT molecular complexity index is 773. The smallest absolute Gasteiger partial charge is 0.321 e. The molecule has 0 spiro atoms. The molecule has 4 rings (SSSR count). The number of piperidine rings is 1. The van der Waals surface area contributed by atoms with Crippen molar-refractivity contribution < 1.29 is 14.3 Å². The zero-order chi connectivity index (χ0) is 17.2. The van der Waals surface area contributed by atoms with E-state index in [2.05, 4.69) is 21.8 Å². The van der Waals surface area contributed by atoms with Crippen LogP contribution >= 0.6 is 0 Å². The molecule has 1 atom stereocenters. The Morgan fingerprint density at radius 3 is 3.12 bits per heavy atom. The van der Waals surface area contributed by atoms with Crippen LogP contribution in [0.25, 0.3) is 0 Å². The van der Waals surface area contributed by atoms with Gasteiger partial charge in [0.15, 0.2) is 11.5 Å². The van der Waals surface area contributed by atoms with Crippen LogP contribution in [0.3, 0.4) is 0 Å². The molecule has 0 radical (unpaired) electrons. The van der Waals surface area contributed by atoms with Crippen LogP contribution in [-0.2, 0) is 6.54 Å². The summed E-state index contributed by atoms with van der Waals surface area (Å²) in [6, 6.07) is 5.36. The summed E-state index contributed by atoms with van der Waals surface area (Å²) >= 11 is 0. The summed E-state index contributed by atoms with van der Waals surface area (Å²) in [5.74, 6) is 2.73. The number of hydrogen-bond donors (Lipinski definition) is 1. The maximum atomic E-state index is 12.7. The zero-order valence-corrected chi connectivity index (χ0v) is 14.3. The third-order valence-corrected chi connectivity index (χ3v) is 4.79. The van der Waals surface area contributed by atoms with E-state index in [1.807, 2.05) is 29.4 Å². The van der Waals surface area contributed by atoms with Crippen LogP contribution in [-0.4, -0.2) is 40.4 Å². The molecule has 132 valence electrons. The van der Waals surface area contributed by atoms with Crippen molar-refractivity contribution in [3.8, 4) is 11.5 Å². The maximum Gasteiger partial charge on any atom is 0.321 e. The van der Waals surface area contributed by atoms with E-state index in [1.165, 1.54) is 0 Å². The minimum Gasteiger partial charge on any atom is -0.454 e. The molecule has 25 heavy (non-hydrogen) atoms. The van der Waals surface area contributed by atoms with Crippen molar-refractivity contribution >= 4 is 11.7 Å². The molecule has 2 aromatic rings. The molecule has 1 aromatic heterocycles. The van der Waals surface area contributed by atoms with Crippen LogP contribution in [0.2, 0.25) is 0 Å². The van der Waals surface area contributed by atoms with Crippen molar-refractivity contribution in [3.63, 3.8) is 0 Å². The predicted octanol–water partition coefficient (Wildman–Crippen LogP) is 3.04. The number of nitrogens with zero attached hydrogens (tertiary/aromatic N) is 3. The number of ether oxygens (including phenoxy) is 2. The fourth-order valence-electron chi connectivity index (χ4n) is 3.50. The molecule has 7 heteroatoms. The van der Waals surface area contributed by atoms with Crippen molar-refractivity contribution in [2.75, 3.05) is 25.2 Å². The molecule has 3 heterocycles. The summed E-state index contributed by atoms with van der Waals surface area (Å²) in [6.07, 6.45) is 5.88. The summed E-state index contributed by atoms with van der Waals surface area (Å²) in [5, 5.41) is 2.96. The van der Waals surface area contributed by atoms with Crippen molar-refractivity contribution in [3.05, 3.63) is 36.4 Å². The molecule has 1 saturated heterocycles. The van der Waals surface area contributed by atoms with Crippen molar-refractivity contribution in [2.45, 2.75) is 32.2 Å². The normalized spacial score (nSPS) is 19.1. The van der Waals surface area contributed by atoms with Gasteiger partial charge in [-0.05, 0) is 31.9 Å². The highest BCUT2D eigenvalue weighted by Gasteiger charge is 2.27. The molecule has 1 fully saturated rings. The lowest BCUT2D eigenvalue weighted by Gasteiger charge is -2.32. The van der Waals surface area contributed by atoms with Gasteiger partial charge in [-0.2, -0.15) is 0 Å². The Kier molecular flexibility index (Phi) is 4.21. The lowest BCUT2D eigenvalue weighted by atomic mass is 9.97. The zero-order valence-electron chi connectivity index (χ0n) is 14.3. The van der Waals surface area contributed by atoms with Gasteiger partial charge in [0.1, 0.15) is 5.82 Å². The van der Waals surface area contributed by atoms with E-state index < -0.39 is 0 Å². The number of amides is 2. The van der Waals surface area contributed by atoms with Gasteiger partial charge >= 0.3 is 6.03 Å². The van der Waals surface area contributed by atoms with Crippen LogP contribution in [0.15, 0.2) is 30.6 Å². The summed E-state index contributed by atoms with van der Waals surface area (Å²) in [7, 11) is 0. The van der Waals surface area contributed by atoms with E-state index in [4.69, 9.17) is 9.47 Å². The molecule has 7 nitrogen and oxygen atoms in total. The predicted molar refractivity (Wildman–Crippen MR) is 93.0 cm³/mol. The molecule has 1 aromatic carbocycles. The van der Waals surface area contributed by atoms with Gasteiger partial charge < -0.3 is 24.3 Å². The third-order valence-electron chi connectivity index (χ3n) is 4.79. The van der Waals surface area contributed by atoms with Crippen LogP contribution in [0.5, 0.6) is 11.5 Å². The van der Waals surface area contributed by atoms with Gasteiger partial charge in [-0.15, -0.1) is 0 Å². The number of nitrogens with one attached hydrogen (secondary N) is 1. The molecule has 1 N–H and O–H groups in total. The molecule has 0 bridgehead atoms. The number of aromatic nitrogens is 2. The van der Waals surface area contributed by atoms with E-state index in [9.17, 15) is 4.79 Å². The van der Waals surface area contributed by atoms with E-state index in [0.29, 0.717) is 23.7 Å². The van der Waals surface area contributed by atoms with Gasteiger partial charge in [0.2, 0.25) is 6.79 Å². The lowest BCUT2D eigenvalue weighted by molar-refractivity contribution is 0.174. The quantitative estimate of drug-likeness (QED) is 0.931. The molecule has 2 amide bonds. The topological polar surface area (TPSA) is 68.6 Å². The Labute approximate surface area is 146 Å². The number of anilines is 1. The number of fused-ring (bicyclic) bond motifs is 1. The van der Waals surface area contributed by atoms with Gasteiger partial charge in [0.05, 0.1) is 0 Å². The first-order chi connectivity index (χ1) is 12.2. The average molecular weight is 342 g/mol. The number of urea groups is 1. The molecule has 2 aliphatic heterocycles. The average Bonchev–Trinajstić information content (AvgIpc) is 3.30. The van der Waals surface area contributed by atoms with Crippen molar-refractivity contribution in [1.29, 1.82) is 0 Å². The van der Waals surface area contributed by atoms with E-state index in [-0.39, 0.29) is 18.7 Å². The first-order valence-corrected chi connectivity index (χ1v) is 8.71. The number of benzene rings is 1.